The molecule has 2 rings (SSSR count). The first kappa shape index (κ1) is 14.9. The maximum Gasteiger partial charge on any atom is 0.0233 e. The SMILES string of the molecule is CC(C)(C)c1ccc(CN2CCC(CCCl)C2)cc1. The van der Waals surface area contributed by atoms with Gasteiger partial charge in [0.2, 0.25) is 0 Å². The van der Waals surface area contributed by atoms with Crippen LogP contribution in [-0.4, -0.2) is 23.9 Å². The van der Waals surface area contributed by atoms with Crippen LogP contribution >= 0.6 is 11.6 Å². The Labute approximate surface area is 123 Å². The summed E-state index contributed by atoms with van der Waals surface area (Å²) in [6.07, 6.45) is 2.48. The fourth-order valence-corrected chi connectivity index (χ4v) is 3.12. The molecule has 0 aromatic heterocycles. The molecule has 1 unspecified atom stereocenters. The molecule has 19 heavy (non-hydrogen) atoms. The van der Waals surface area contributed by atoms with Gasteiger partial charge < -0.3 is 0 Å². The predicted molar refractivity (Wildman–Crippen MR) is 83.9 cm³/mol. The number of hydrogen-bond acceptors (Lipinski definition) is 1. The highest BCUT2D eigenvalue weighted by Gasteiger charge is 2.21. The third-order valence-electron chi connectivity index (χ3n) is 4.11. The zero-order chi connectivity index (χ0) is 13.9. The minimum atomic E-state index is 0.248. The van der Waals surface area contributed by atoms with Gasteiger partial charge in [0, 0.05) is 19.0 Å². The molecule has 1 aliphatic heterocycles. The highest BCUT2D eigenvalue weighted by atomic mass is 35.5. The lowest BCUT2D eigenvalue weighted by Gasteiger charge is -2.20. The Morgan fingerprint density at radius 3 is 2.47 bits per heavy atom. The number of nitrogens with zero attached hydrogens (tertiary/aromatic N) is 1. The highest BCUT2D eigenvalue weighted by Crippen LogP contribution is 2.24. The summed E-state index contributed by atoms with van der Waals surface area (Å²) in [6.45, 7) is 10.3. The molecular weight excluding hydrogens is 254 g/mol. The smallest absolute Gasteiger partial charge is 0.0233 e. The lowest BCUT2D eigenvalue weighted by atomic mass is 9.87. The zero-order valence-electron chi connectivity index (χ0n) is 12.5. The van der Waals surface area contributed by atoms with Gasteiger partial charge in [0.25, 0.3) is 0 Å². The quantitative estimate of drug-likeness (QED) is 0.737. The van der Waals surface area contributed by atoms with Gasteiger partial charge in [-0.15, -0.1) is 11.6 Å². The second kappa shape index (κ2) is 6.28. The van der Waals surface area contributed by atoms with E-state index in [9.17, 15) is 0 Å². The average molecular weight is 280 g/mol. The summed E-state index contributed by atoms with van der Waals surface area (Å²) in [4.78, 5) is 2.56. The molecule has 0 radical (unpaired) electrons. The van der Waals surface area contributed by atoms with E-state index in [2.05, 4.69) is 49.9 Å². The van der Waals surface area contributed by atoms with E-state index < -0.39 is 0 Å². The fourth-order valence-electron chi connectivity index (χ4n) is 2.81. The van der Waals surface area contributed by atoms with Crippen LogP contribution in [0, 0.1) is 5.92 Å². The van der Waals surface area contributed by atoms with Crippen molar-refractivity contribution in [2.24, 2.45) is 5.92 Å². The molecule has 0 amide bonds. The van der Waals surface area contributed by atoms with Crippen molar-refractivity contribution in [2.45, 2.75) is 45.6 Å². The Morgan fingerprint density at radius 1 is 1.21 bits per heavy atom. The number of likely N-dealkylation sites (tertiary alicyclic amines) is 1. The van der Waals surface area contributed by atoms with Crippen molar-refractivity contribution in [1.29, 1.82) is 0 Å². The molecule has 0 bridgehead atoms. The van der Waals surface area contributed by atoms with Gasteiger partial charge in [0.05, 0.1) is 0 Å². The van der Waals surface area contributed by atoms with E-state index in [1.807, 2.05) is 0 Å². The van der Waals surface area contributed by atoms with Crippen molar-refractivity contribution >= 4 is 11.6 Å². The fraction of sp³-hybridized carbons (Fsp3) is 0.647. The normalized spacial score (nSPS) is 20.9. The van der Waals surface area contributed by atoms with Gasteiger partial charge in [0.1, 0.15) is 0 Å². The van der Waals surface area contributed by atoms with Gasteiger partial charge in [0.15, 0.2) is 0 Å². The first-order valence-electron chi connectivity index (χ1n) is 7.37. The summed E-state index contributed by atoms with van der Waals surface area (Å²) in [5.74, 6) is 1.62. The summed E-state index contributed by atoms with van der Waals surface area (Å²) >= 11 is 5.83. The summed E-state index contributed by atoms with van der Waals surface area (Å²) < 4.78 is 0. The Morgan fingerprint density at radius 2 is 1.89 bits per heavy atom. The van der Waals surface area contributed by atoms with Crippen LogP contribution in [0.5, 0.6) is 0 Å². The van der Waals surface area contributed by atoms with Crippen LogP contribution in [0.25, 0.3) is 0 Å². The Balaban J connectivity index is 1.90. The summed E-state index contributed by atoms with van der Waals surface area (Å²) in [6, 6.07) is 9.13. The number of rotatable bonds is 4. The number of benzene rings is 1. The topological polar surface area (TPSA) is 3.24 Å². The van der Waals surface area contributed by atoms with Crippen LogP contribution in [-0.2, 0) is 12.0 Å². The maximum absolute atomic E-state index is 5.83. The highest BCUT2D eigenvalue weighted by molar-refractivity contribution is 6.17. The van der Waals surface area contributed by atoms with E-state index in [1.54, 1.807) is 0 Å². The third-order valence-corrected chi connectivity index (χ3v) is 4.33. The van der Waals surface area contributed by atoms with E-state index >= 15 is 0 Å². The third kappa shape index (κ3) is 4.22. The molecule has 1 saturated heterocycles. The molecule has 2 heteroatoms. The van der Waals surface area contributed by atoms with Crippen molar-refractivity contribution < 1.29 is 0 Å². The molecule has 106 valence electrons. The largest absolute Gasteiger partial charge is 0.299 e. The predicted octanol–water partition coefficient (Wildman–Crippen LogP) is 4.43. The van der Waals surface area contributed by atoms with Gasteiger partial charge in [-0.3, -0.25) is 4.90 Å². The van der Waals surface area contributed by atoms with E-state index in [4.69, 9.17) is 11.6 Å². The molecule has 1 fully saturated rings. The van der Waals surface area contributed by atoms with Crippen LogP contribution in [0.1, 0.15) is 44.7 Å². The molecule has 1 atom stereocenters. The van der Waals surface area contributed by atoms with Crippen molar-refractivity contribution in [1.82, 2.24) is 4.90 Å². The summed E-state index contributed by atoms with van der Waals surface area (Å²) in [7, 11) is 0. The number of hydrogen-bond donors (Lipinski definition) is 0. The first-order valence-corrected chi connectivity index (χ1v) is 7.90. The van der Waals surface area contributed by atoms with Crippen molar-refractivity contribution in [3.8, 4) is 0 Å². The molecular formula is C17H26ClN. The molecule has 0 spiro atoms. The van der Waals surface area contributed by atoms with E-state index in [0.717, 1.165) is 18.3 Å². The Kier molecular flexibility index (Phi) is 4.92. The molecule has 1 nitrogen and oxygen atoms in total. The van der Waals surface area contributed by atoms with E-state index in [-0.39, 0.29) is 5.41 Å². The van der Waals surface area contributed by atoms with E-state index in [0.29, 0.717) is 0 Å². The van der Waals surface area contributed by atoms with E-state index in [1.165, 1.54) is 37.1 Å². The average Bonchev–Trinajstić information content (AvgIpc) is 2.77. The number of alkyl halides is 1. The molecule has 1 aromatic carbocycles. The van der Waals surface area contributed by atoms with Crippen LogP contribution in [0.15, 0.2) is 24.3 Å². The summed E-state index contributed by atoms with van der Waals surface area (Å²) in [5, 5.41) is 0. The number of halogens is 1. The monoisotopic (exact) mass is 279 g/mol. The maximum atomic E-state index is 5.83. The van der Waals surface area contributed by atoms with Crippen LogP contribution < -0.4 is 0 Å². The van der Waals surface area contributed by atoms with Crippen molar-refractivity contribution in [3.63, 3.8) is 0 Å². The lowest BCUT2D eigenvalue weighted by Crippen LogP contribution is -2.20. The van der Waals surface area contributed by atoms with Crippen molar-refractivity contribution in [3.05, 3.63) is 35.4 Å². The Hall–Kier alpha value is -0.530. The molecule has 0 aliphatic carbocycles. The lowest BCUT2D eigenvalue weighted by molar-refractivity contribution is 0.315. The van der Waals surface area contributed by atoms with Crippen LogP contribution in [0.4, 0.5) is 0 Å². The van der Waals surface area contributed by atoms with Gasteiger partial charge >= 0.3 is 0 Å². The minimum Gasteiger partial charge on any atom is -0.299 e. The molecule has 1 aliphatic rings. The van der Waals surface area contributed by atoms with Crippen LogP contribution in [0.2, 0.25) is 0 Å². The Bertz CT molecular complexity index is 391. The molecule has 1 aromatic rings. The second-order valence-corrected chi connectivity index (χ2v) is 7.19. The second-order valence-electron chi connectivity index (χ2n) is 6.81. The zero-order valence-corrected chi connectivity index (χ0v) is 13.2. The van der Waals surface area contributed by atoms with Gasteiger partial charge in [-0.2, -0.15) is 0 Å². The molecule has 1 heterocycles. The van der Waals surface area contributed by atoms with Gasteiger partial charge in [-0.05, 0) is 41.8 Å². The van der Waals surface area contributed by atoms with Gasteiger partial charge in [-0.25, -0.2) is 0 Å². The first-order chi connectivity index (χ1) is 8.99. The standard InChI is InChI=1S/C17H26ClN/c1-17(2,3)16-6-4-14(5-7-16)12-19-11-9-15(13-19)8-10-18/h4-7,15H,8-13H2,1-3H3. The summed E-state index contributed by atoms with van der Waals surface area (Å²) in [5.41, 5.74) is 3.09. The molecule has 0 saturated carbocycles. The minimum absolute atomic E-state index is 0.248. The van der Waals surface area contributed by atoms with Crippen molar-refractivity contribution in [2.75, 3.05) is 19.0 Å². The van der Waals surface area contributed by atoms with Gasteiger partial charge in [-0.1, -0.05) is 45.0 Å². The molecule has 0 N–H and O–H groups in total. The van der Waals surface area contributed by atoms with Crippen LogP contribution in [0.3, 0.4) is 0 Å².